The maximum atomic E-state index is 10.9. The lowest BCUT2D eigenvalue weighted by atomic mass is 9.70. The first kappa shape index (κ1) is 28.9. The summed E-state index contributed by atoms with van der Waals surface area (Å²) in [5, 5.41) is 29.7. The molecule has 202 valence electrons. The van der Waals surface area contributed by atoms with Gasteiger partial charge in [-0.1, -0.05) is 75.6 Å². The Morgan fingerprint density at radius 3 is 2.22 bits per heavy atom. The van der Waals surface area contributed by atoms with E-state index in [0.29, 0.717) is 5.75 Å². The Morgan fingerprint density at radius 2 is 1.65 bits per heavy atom. The molecule has 5 heteroatoms. The molecule has 1 unspecified atom stereocenters. The van der Waals surface area contributed by atoms with Crippen LogP contribution >= 0.6 is 0 Å². The zero-order valence-electron chi connectivity index (χ0n) is 22.9. The summed E-state index contributed by atoms with van der Waals surface area (Å²) in [5.41, 5.74) is 5.03. The summed E-state index contributed by atoms with van der Waals surface area (Å²) in [4.78, 5) is 10.7. The molecule has 37 heavy (non-hydrogen) atoms. The highest BCUT2D eigenvalue weighted by molar-refractivity contribution is 5.66. The van der Waals surface area contributed by atoms with E-state index in [2.05, 4.69) is 57.2 Å². The van der Waals surface area contributed by atoms with Crippen LogP contribution in [0.1, 0.15) is 99.5 Å². The molecule has 1 atom stereocenters. The van der Waals surface area contributed by atoms with Crippen molar-refractivity contribution in [1.29, 1.82) is 0 Å². The molecule has 0 aromatic heterocycles. The molecule has 1 aliphatic carbocycles. The Kier molecular flexibility index (Phi) is 9.97. The van der Waals surface area contributed by atoms with Gasteiger partial charge in [0.15, 0.2) is 0 Å². The second kappa shape index (κ2) is 12.7. The number of benzene rings is 2. The van der Waals surface area contributed by atoms with Gasteiger partial charge in [0.05, 0.1) is 11.7 Å². The van der Waals surface area contributed by atoms with Crippen LogP contribution in [0, 0.1) is 13.8 Å². The van der Waals surface area contributed by atoms with Gasteiger partial charge in [-0.15, -0.1) is 0 Å². The number of carbonyl (C=O) groups is 1. The Hall–Kier alpha value is -2.63. The molecule has 0 saturated heterocycles. The second-order valence-electron chi connectivity index (χ2n) is 10.7. The van der Waals surface area contributed by atoms with Crippen LogP contribution in [0.15, 0.2) is 42.5 Å². The van der Waals surface area contributed by atoms with E-state index in [4.69, 9.17) is 9.84 Å². The standard InChI is InChI=1S/C32H44O5/c1-5-32(6-2,27-12-14-29(24(4)21-27)37-22-28(33)13-15-30(34)35)26-11-10-25(23(3)20-26)16-19-31(36)17-8-7-9-18-31/h10-12,14,16,19-21,28,33,36H,5-9,13,15,17-18,22H2,1-4H3,(H,34,35). The number of ether oxygens (including phenoxy) is 1. The zero-order chi connectivity index (χ0) is 27.1. The number of aryl methyl sites for hydroxylation is 2. The van der Waals surface area contributed by atoms with Crippen molar-refractivity contribution < 1.29 is 24.9 Å². The van der Waals surface area contributed by atoms with Crippen LogP contribution in [0.5, 0.6) is 5.75 Å². The Balaban J connectivity index is 1.80. The van der Waals surface area contributed by atoms with Gasteiger partial charge in [0, 0.05) is 11.8 Å². The Bertz CT molecular complexity index is 1080. The molecule has 1 fully saturated rings. The zero-order valence-corrected chi connectivity index (χ0v) is 22.9. The van der Waals surface area contributed by atoms with Crippen LogP contribution in [0.3, 0.4) is 0 Å². The fourth-order valence-electron chi connectivity index (χ4n) is 5.64. The van der Waals surface area contributed by atoms with Crippen molar-refractivity contribution in [3.8, 4) is 5.75 Å². The quantitative estimate of drug-likeness (QED) is 0.296. The van der Waals surface area contributed by atoms with Crippen molar-refractivity contribution >= 4 is 12.0 Å². The molecule has 5 nitrogen and oxygen atoms in total. The number of hydrogen-bond donors (Lipinski definition) is 3. The van der Waals surface area contributed by atoms with Crippen LogP contribution in [0.25, 0.3) is 6.08 Å². The first-order valence-corrected chi connectivity index (χ1v) is 13.8. The summed E-state index contributed by atoms with van der Waals surface area (Å²) in [6, 6.07) is 12.9. The summed E-state index contributed by atoms with van der Waals surface area (Å²) >= 11 is 0. The summed E-state index contributed by atoms with van der Waals surface area (Å²) < 4.78 is 5.82. The van der Waals surface area contributed by atoms with E-state index >= 15 is 0 Å². The predicted molar refractivity (Wildman–Crippen MR) is 149 cm³/mol. The summed E-state index contributed by atoms with van der Waals surface area (Å²) in [6.07, 6.45) is 10.3. The van der Waals surface area contributed by atoms with Crippen molar-refractivity contribution in [2.24, 2.45) is 0 Å². The average Bonchev–Trinajstić information content (AvgIpc) is 2.88. The van der Waals surface area contributed by atoms with Crippen LogP contribution in [-0.2, 0) is 10.2 Å². The van der Waals surface area contributed by atoms with Crippen molar-refractivity contribution in [1.82, 2.24) is 0 Å². The lowest BCUT2D eigenvalue weighted by molar-refractivity contribution is -0.137. The van der Waals surface area contributed by atoms with Gasteiger partial charge in [-0.3, -0.25) is 4.79 Å². The molecule has 2 aromatic rings. The van der Waals surface area contributed by atoms with E-state index in [1.54, 1.807) is 0 Å². The summed E-state index contributed by atoms with van der Waals surface area (Å²) in [5.74, 6) is -0.215. The minimum absolute atomic E-state index is 0.0729. The molecule has 1 aliphatic rings. The fraction of sp³-hybridized carbons (Fsp3) is 0.531. The number of hydrogen-bond acceptors (Lipinski definition) is 4. The average molecular weight is 509 g/mol. The fourth-order valence-corrected chi connectivity index (χ4v) is 5.64. The van der Waals surface area contributed by atoms with Crippen LogP contribution in [0.4, 0.5) is 0 Å². The third kappa shape index (κ3) is 7.24. The molecule has 0 aliphatic heterocycles. The minimum atomic E-state index is -0.920. The summed E-state index contributed by atoms with van der Waals surface area (Å²) in [7, 11) is 0. The highest BCUT2D eigenvalue weighted by Gasteiger charge is 2.31. The van der Waals surface area contributed by atoms with Crippen molar-refractivity contribution in [2.75, 3.05) is 6.61 Å². The number of carboxylic acids is 1. The van der Waals surface area contributed by atoms with E-state index in [-0.39, 0.29) is 24.9 Å². The second-order valence-corrected chi connectivity index (χ2v) is 10.7. The Labute approximate surface area is 222 Å². The number of aliphatic hydroxyl groups excluding tert-OH is 1. The van der Waals surface area contributed by atoms with Gasteiger partial charge in [-0.25, -0.2) is 0 Å². The number of rotatable bonds is 12. The molecule has 3 rings (SSSR count). The van der Waals surface area contributed by atoms with Gasteiger partial charge in [0.1, 0.15) is 12.4 Å². The van der Waals surface area contributed by atoms with Crippen LogP contribution in [-0.4, -0.2) is 39.6 Å². The van der Waals surface area contributed by atoms with E-state index in [0.717, 1.165) is 49.7 Å². The van der Waals surface area contributed by atoms with E-state index in [9.17, 15) is 15.0 Å². The molecular weight excluding hydrogens is 464 g/mol. The van der Waals surface area contributed by atoms with Crippen LogP contribution < -0.4 is 4.74 Å². The first-order chi connectivity index (χ1) is 17.6. The van der Waals surface area contributed by atoms with Gasteiger partial charge in [0.2, 0.25) is 0 Å². The smallest absolute Gasteiger partial charge is 0.303 e. The highest BCUT2D eigenvalue weighted by atomic mass is 16.5. The molecule has 2 aromatic carbocycles. The van der Waals surface area contributed by atoms with E-state index in [1.165, 1.54) is 23.1 Å². The van der Waals surface area contributed by atoms with Crippen molar-refractivity contribution in [3.63, 3.8) is 0 Å². The third-order valence-electron chi connectivity index (χ3n) is 8.17. The van der Waals surface area contributed by atoms with Crippen LogP contribution in [0.2, 0.25) is 0 Å². The molecule has 0 bridgehead atoms. The van der Waals surface area contributed by atoms with Crippen molar-refractivity contribution in [3.05, 3.63) is 70.3 Å². The van der Waals surface area contributed by atoms with Gasteiger partial charge >= 0.3 is 5.97 Å². The lowest BCUT2D eigenvalue weighted by Crippen LogP contribution is -2.28. The molecule has 0 heterocycles. The maximum Gasteiger partial charge on any atom is 0.303 e. The third-order valence-corrected chi connectivity index (χ3v) is 8.17. The minimum Gasteiger partial charge on any atom is -0.491 e. The summed E-state index contributed by atoms with van der Waals surface area (Å²) in [6.45, 7) is 8.67. The van der Waals surface area contributed by atoms with Gasteiger partial charge < -0.3 is 20.1 Å². The monoisotopic (exact) mass is 508 g/mol. The topological polar surface area (TPSA) is 87.0 Å². The number of aliphatic hydroxyl groups is 2. The first-order valence-electron chi connectivity index (χ1n) is 13.8. The molecule has 0 amide bonds. The van der Waals surface area contributed by atoms with Gasteiger partial charge in [0.25, 0.3) is 0 Å². The number of aliphatic carboxylic acids is 1. The molecule has 1 saturated carbocycles. The number of carboxylic acid groups (broad SMARTS) is 1. The van der Waals surface area contributed by atoms with Gasteiger partial charge in [-0.05, 0) is 79.8 Å². The predicted octanol–water partition coefficient (Wildman–Crippen LogP) is 6.72. The maximum absolute atomic E-state index is 10.9. The molecule has 0 radical (unpaired) electrons. The van der Waals surface area contributed by atoms with Gasteiger partial charge in [-0.2, -0.15) is 0 Å². The molecular formula is C32H44O5. The largest absolute Gasteiger partial charge is 0.491 e. The lowest BCUT2D eigenvalue weighted by Gasteiger charge is -2.34. The Morgan fingerprint density at radius 1 is 1.03 bits per heavy atom. The SMILES string of the molecule is CCC(CC)(c1ccc(C=CC2(O)CCCCC2)c(C)c1)c1ccc(OCC(O)CCC(=O)O)c(C)c1. The van der Waals surface area contributed by atoms with E-state index < -0.39 is 17.7 Å². The molecule has 3 N–H and O–H groups in total. The normalized spacial score (nSPS) is 16.6. The van der Waals surface area contributed by atoms with E-state index in [1.807, 2.05) is 19.1 Å². The molecule has 0 spiro atoms. The van der Waals surface area contributed by atoms with Crippen molar-refractivity contribution in [2.45, 2.75) is 103 Å². The highest BCUT2D eigenvalue weighted by Crippen LogP contribution is 2.41.